The third-order valence-electron chi connectivity index (χ3n) is 6.63. The van der Waals surface area contributed by atoms with E-state index in [0.29, 0.717) is 12.2 Å². The third kappa shape index (κ3) is 4.25. The molecule has 1 fully saturated rings. The van der Waals surface area contributed by atoms with E-state index in [9.17, 15) is 4.79 Å². The molecule has 1 amide bonds. The zero-order chi connectivity index (χ0) is 22.1. The van der Waals surface area contributed by atoms with Gasteiger partial charge in [0.05, 0.1) is 7.11 Å². The lowest BCUT2D eigenvalue weighted by Gasteiger charge is -2.41. The summed E-state index contributed by atoms with van der Waals surface area (Å²) in [6.07, 6.45) is 2.53. The lowest BCUT2D eigenvalue weighted by atomic mass is 9.84. The fraction of sp³-hybridized carbons (Fsp3) is 0.400. The smallest absolute Gasteiger partial charge is 0.242 e. The highest BCUT2D eigenvalue weighted by molar-refractivity contribution is 5.77. The summed E-state index contributed by atoms with van der Waals surface area (Å²) in [5.74, 6) is 2.35. The van der Waals surface area contributed by atoms with Gasteiger partial charge in [-0.2, -0.15) is 5.10 Å². The van der Waals surface area contributed by atoms with Gasteiger partial charge in [0.25, 0.3) is 0 Å². The number of ether oxygens (including phenoxy) is 1. The Morgan fingerprint density at radius 1 is 1.06 bits per heavy atom. The number of nitrogens with zero attached hydrogens (tertiary/aromatic N) is 4. The van der Waals surface area contributed by atoms with E-state index in [1.165, 1.54) is 11.1 Å². The van der Waals surface area contributed by atoms with Crippen molar-refractivity contribution in [2.24, 2.45) is 0 Å². The van der Waals surface area contributed by atoms with Gasteiger partial charge in [-0.05, 0) is 49.6 Å². The Morgan fingerprint density at radius 2 is 1.78 bits per heavy atom. The minimum absolute atomic E-state index is 0.0157. The summed E-state index contributed by atoms with van der Waals surface area (Å²) in [5.41, 5.74) is 3.29. The van der Waals surface area contributed by atoms with Gasteiger partial charge in [0, 0.05) is 37.2 Å². The van der Waals surface area contributed by atoms with Gasteiger partial charge in [-0.1, -0.05) is 29.8 Å². The summed E-state index contributed by atoms with van der Waals surface area (Å²) in [5, 5.41) is 7.95. The maximum Gasteiger partial charge on any atom is 0.242 e. The summed E-state index contributed by atoms with van der Waals surface area (Å²) in [6, 6.07) is 16.5. The molecule has 2 aliphatic rings. The molecule has 0 atom stereocenters. The maximum atomic E-state index is 12.7. The number of amides is 1. The van der Waals surface area contributed by atoms with Crippen LogP contribution >= 0.6 is 0 Å². The molecule has 0 aliphatic carbocycles. The fourth-order valence-corrected chi connectivity index (χ4v) is 4.70. The first kappa shape index (κ1) is 20.7. The molecule has 166 valence electrons. The van der Waals surface area contributed by atoms with E-state index in [0.717, 1.165) is 49.6 Å². The van der Waals surface area contributed by atoms with Gasteiger partial charge in [0.2, 0.25) is 5.91 Å². The van der Waals surface area contributed by atoms with E-state index in [4.69, 9.17) is 9.72 Å². The van der Waals surface area contributed by atoms with Gasteiger partial charge in [-0.3, -0.25) is 9.69 Å². The van der Waals surface area contributed by atoms with Crippen LogP contribution in [-0.4, -0.2) is 51.3 Å². The Morgan fingerprint density at radius 3 is 2.47 bits per heavy atom. The van der Waals surface area contributed by atoms with Crippen molar-refractivity contribution in [2.75, 3.05) is 20.2 Å². The Hall–Kier alpha value is -3.19. The van der Waals surface area contributed by atoms with Crippen LogP contribution in [0.3, 0.4) is 0 Å². The minimum atomic E-state index is -0.251. The first-order valence-corrected chi connectivity index (χ1v) is 11.2. The number of hydrogen-bond acceptors (Lipinski definition) is 5. The van der Waals surface area contributed by atoms with Gasteiger partial charge in [0.1, 0.15) is 18.1 Å². The van der Waals surface area contributed by atoms with Crippen LogP contribution in [0.15, 0.2) is 48.5 Å². The fourth-order valence-electron chi connectivity index (χ4n) is 4.70. The molecule has 3 heterocycles. The van der Waals surface area contributed by atoms with Crippen molar-refractivity contribution in [3.63, 3.8) is 0 Å². The normalized spacial score (nSPS) is 18.1. The quantitative estimate of drug-likeness (QED) is 0.688. The molecule has 7 nitrogen and oxygen atoms in total. The number of methoxy groups -OCH3 is 1. The predicted octanol–water partition coefficient (Wildman–Crippen LogP) is 2.97. The number of piperidine rings is 1. The van der Waals surface area contributed by atoms with Crippen LogP contribution in [0.2, 0.25) is 0 Å². The molecule has 1 spiro atoms. The molecular formula is C25H29N5O2. The third-order valence-corrected chi connectivity index (χ3v) is 6.63. The van der Waals surface area contributed by atoms with E-state index < -0.39 is 0 Å². The van der Waals surface area contributed by atoms with Gasteiger partial charge in [-0.25, -0.2) is 9.67 Å². The molecule has 0 unspecified atom stereocenters. The van der Waals surface area contributed by atoms with Crippen LogP contribution in [0, 0.1) is 6.92 Å². The van der Waals surface area contributed by atoms with Crippen molar-refractivity contribution in [1.29, 1.82) is 0 Å². The number of likely N-dealkylation sites (tertiary alicyclic amines) is 1. The number of nitrogens with one attached hydrogen (secondary N) is 1. The highest BCUT2D eigenvalue weighted by Crippen LogP contribution is 2.30. The Bertz CT molecular complexity index is 1100. The first-order valence-electron chi connectivity index (χ1n) is 11.2. The van der Waals surface area contributed by atoms with Crippen molar-refractivity contribution in [2.45, 2.75) is 44.8 Å². The second-order valence-corrected chi connectivity index (χ2v) is 9.00. The Balaban J connectivity index is 1.31. The number of fused-ring (bicyclic) bond motifs is 1. The van der Waals surface area contributed by atoms with Crippen LogP contribution in [0.5, 0.6) is 5.75 Å². The van der Waals surface area contributed by atoms with Crippen LogP contribution in [0.4, 0.5) is 0 Å². The van der Waals surface area contributed by atoms with Crippen molar-refractivity contribution in [1.82, 2.24) is 25.0 Å². The van der Waals surface area contributed by atoms with Crippen molar-refractivity contribution in [3.8, 4) is 17.1 Å². The lowest BCUT2D eigenvalue weighted by Crippen LogP contribution is -2.56. The molecule has 3 aromatic rings. The molecule has 0 radical (unpaired) electrons. The average molecular weight is 432 g/mol. The number of carbonyl (C=O) groups excluding carboxylic acids is 1. The summed E-state index contributed by atoms with van der Waals surface area (Å²) in [6.45, 7) is 5.18. The van der Waals surface area contributed by atoms with Crippen LogP contribution in [0.1, 0.15) is 29.8 Å². The zero-order valence-corrected chi connectivity index (χ0v) is 18.7. The van der Waals surface area contributed by atoms with Gasteiger partial charge >= 0.3 is 0 Å². The summed E-state index contributed by atoms with van der Waals surface area (Å²) in [7, 11) is 1.65. The second-order valence-electron chi connectivity index (χ2n) is 9.00. The molecule has 2 aromatic carbocycles. The monoisotopic (exact) mass is 431 g/mol. The molecule has 32 heavy (non-hydrogen) atoms. The van der Waals surface area contributed by atoms with E-state index in [1.54, 1.807) is 11.8 Å². The number of aryl methyl sites for hydroxylation is 1. The van der Waals surface area contributed by atoms with Crippen molar-refractivity contribution >= 4 is 5.91 Å². The average Bonchev–Trinajstić information content (AvgIpc) is 3.13. The summed E-state index contributed by atoms with van der Waals surface area (Å²) < 4.78 is 7.01. The largest absolute Gasteiger partial charge is 0.497 e. The topological polar surface area (TPSA) is 72.3 Å². The number of rotatable bonds is 4. The predicted molar refractivity (Wildman–Crippen MR) is 122 cm³/mol. The molecule has 5 rings (SSSR count). The van der Waals surface area contributed by atoms with Crippen molar-refractivity contribution < 1.29 is 9.53 Å². The number of aromatic nitrogens is 3. The van der Waals surface area contributed by atoms with Crippen molar-refractivity contribution in [3.05, 3.63) is 65.5 Å². The van der Waals surface area contributed by atoms with E-state index in [2.05, 4.69) is 46.5 Å². The lowest BCUT2D eigenvalue weighted by molar-refractivity contribution is -0.123. The molecule has 7 heteroatoms. The number of hydrogen-bond donors (Lipinski definition) is 1. The standard InChI is InChI=1S/C25H29N5O2/c1-18-3-5-19(6-4-18)16-29-13-11-25(12-14-29)15-22-26-24(28-30(22)17-23(31)27-25)20-7-9-21(32-2)10-8-20/h3-10H,11-17H2,1-2H3,(H,27,31). The molecule has 2 aliphatic heterocycles. The molecule has 0 bridgehead atoms. The SMILES string of the molecule is COc1ccc(-c2nc3n(n2)CC(=O)NC2(CCN(Cc4ccc(C)cc4)CC2)C3)cc1. The molecule has 0 saturated carbocycles. The minimum Gasteiger partial charge on any atom is -0.497 e. The summed E-state index contributed by atoms with van der Waals surface area (Å²) >= 11 is 0. The summed E-state index contributed by atoms with van der Waals surface area (Å²) in [4.78, 5) is 20.0. The highest BCUT2D eigenvalue weighted by atomic mass is 16.5. The van der Waals surface area contributed by atoms with Crippen LogP contribution in [-0.2, 0) is 24.3 Å². The zero-order valence-electron chi connectivity index (χ0n) is 18.7. The van der Waals surface area contributed by atoms with Gasteiger partial charge in [-0.15, -0.1) is 0 Å². The van der Waals surface area contributed by atoms with E-state index in [1.807, 2.05) is 24.3 Å². The Kier molecular flexibility index (Phi) is 5.43. The van der Waals surface area contributed by atoms with Crippen LogP contribution < -0.4 is 10.1 Å². The van der Waals surface area contributed by atoms with E-state index >= 15 is 0 Å². The van der Waals surface area contributed by atoms with E-state index in [-0.39, 0.29) is 18.0 Å². The number of benzene rings is 2. The number of carbonyl (C=O) groups is 1. The maximum absolute atomic E-state index is 12.7. The van der Waals surface area contributed by atoms with Gasteiger partial charge < -0.3 is 10.1 Å². The highest BCUT2D eigenvalue weighted by Gasteiger charge is 2.39. The molecular weight excluding hydrogens is 402 g/mol. The molecule has 1 N–H and O–H groups in total. The molecule has 1 saturated heterocycles. The Labute approximate surface area is 188 Å². The van der Waals surface area contributed by atoms with Crippen LogP contribution in [0.25, 0.3) is 11.4 Å². The second kappa shape index (κ2) is 8.39. The first-order chi connectivity index (χ1) is 15.5. The van der Waals surface area contributed by atoms with Gasteiger partial charge in [0.15, 0.2) is 5.82 Å². The molecule has 1 aromatic heterocycles.